The van der Waals surface area contributed by atoms with Gasteiger partial charge in [-0.2, -0.15) is 0 Å². The Hall–Kier alpha value is -4.45. The Kier molecular flexibility index (Phi) is 7.22. The smallest absolute Gasteiger partial charge is 0.251 e. The van der Waals surface area contributed by atoms with Gasteiger partial charge in [-0.3, -0.25) is 9.59 Å². The van der Waals surface area contributed by atoms with E-state index >= 15 is 0 Å². The number of nitrogens with one attached hydrogen (secondary N) is 1. The molecule has 1 aliphatic rings. The van der Waals surface area contributed by atoms with Crippen molar-refractivity contribution in [3.05, 3.63) is 125 Å². The Morgan fingerprint density at radius 3 is 2.53 bits per heavy atom. The normalized spacial score (nSPS) is 13.5. The van der Waals surface area contributed by atoms with E-state index in [1.54, 1.807) is 24.3 Å². The van der Waals surface area contributed by atoms with Gasteiger partial charge in [-0.1, -0.05) is 54.6 Å². The van der Waals surface area contributed by atoms with Gasteiger partial charge in [0.25, 0.3) is 5.91 Å². The molecule has 0 aromatic heterocycles. The molecule has 1 atom stereocenters. The molecule has 5 rings (SSSR count). The maximum absolute atomic E-state index is 14.9. The number of halogens is 1. The van der Waals surface area contributed by atoms with Crippen molar-refractivity contribution in [2.24, 2.45) is 5.73 Å². The van der Waals surface area contributed by atoms with Crippen LogP contribution in [0.25, 0.3) is 11.1 Å². The number of nitrogens with zero attached hydrogens (tertiary/aromatic N) is 1. The van der Waals surface area contributed by atoms with Gasteiger partial charge < -0.3 is 16.0 Å². The second kappa shape index (κ2) is 10.9. The molecule has 1 unspecified atom stereocenters. The number of primary amides is 1. The molecule has 0 radical (unpaired) electrons. The molecule has 6 heteroatoms. The van der Waals surface area contributed by atoms with Gasteiger partial charge in [-0.05, 0) is 78.4 Å². The van der Waals surface area contributed by atoms with E-state index in [0.717, 1.165) is 41.8 Å². The second-order valence-corrected chi connectivity index (χ2v) is 9.69. The number of aryl methyl sites for hydroxylation is 1. The molecular weight excluding hydrogens is 477 g/mol. The topological polar surface area (TPSA) is 75.4 Å². The van der Waals surface area contributed by atoms with Gasteiger partial charge >= 0.3 is 0 Å². The van der Waals surface area contributed by atoms with Crippen molar-refractivity contribution in [1.29, 1.82) is 0 Å². The van der Waals surface area contributed by atoms with Crippen LogP contribution in [0.3, 0.4) is 0 Å². The van der Waals surface area contributed by atoms with Gasteiger partial charge in [0, 0.05) is 35.5 Å². The van der Waals surface area contributed by atoms with Gasteiger partial charge in [0.15, 0.2) is 0 Å². The Morgan fingerprint density at radius 1 is 0.974 bits per heavy atom. The van der Waals surface area contributed by atoms with Crippen LogP contribution in [0, 0.1) is 5.82 Å². The number of anilines is 1. The fourth-order valence-corrected chi connectivity index (χ4v) is 5.10. The minimum atomic E-state index is -0.519. The summed E-state index contributed by atoms with van der Waals surface area (Å²) in [5, 5.41) is 3.08. The summed E-state index contributed by atoms with van der Waals surface area (Å²) in [5.74, 6) is -0.939. The maximum Gasteiger partial charge on any atom is 0.251 e. The Labute approximate surface area is 222 Å². The van der Waals surface area contributed by atoms with Gasteiger partial charge in [-0.15, -0.1) is 0 Å². The molecule has 4 aromatic rings. The number of carbonyl (C=O) groups is 2. The first-order valence-electron chi connectivity index (χ1n) is 12.8. The minimum absolute atomic E-state index is 0.105. The number of carbonyl (C=O) groups excluding carboxylic acids is 2. The van der Waals surface area contributed by atoms with Crippen LogP contribution in [-0.2, 0) is 13.0 Å². The fourth-order valence-electron chi connectivity index (χ4n) is 5.10. The molecule has 1 heterocycles. The van der Waals surface area contributed by atoms with E-state index < -0.39 is 5.91 Å². The molecule has 1 aliphatic heterocycles. The number of nitrogens with two attached hydrogens (primary N) is 1. The number of amides is 2. The SMILES string of the molecule is CC(NC(=O)c1ccc2c(c1)CCCN2Cc1cc(-c2ccccc2C(N)=O)ccc1F)c1ccccc1. The molecule has 5 nitrogen and oxygen atoms in total. The van der Waals surface area contributed by atoms with Crippen LogP contribution in [0.2, 0.25) is 0 Å². The summed E-state index contributed by atoms with van der Waals surface area (Å²) in [6.45, 7) is 3.13. The number of fused-ring (bicyclic) bond motifs is 1. The number of benzene rings is 4. The van der Waals surface area contributed by atoms with Gasteiger partial charge in [0.2, 0.25) is 5.91 Å². The Balaban J connectivity index is 1.37. The molecule has 3 N–H and O–H groups in total. The summed E-state index contributed by atoms with van der Waals surface area (Å²) < 4.78 is 14.9. The van der Waals surface area contributed by atoms with Crippen LogP contribution in [0.5, 0.6) is 0 Å². The minimum Gasteiger partial charge on any atom is -0.367 e. The van der Waals surface area contributed by atoms with Crippen molar-refractivity contribution in [1.82, 2.24) is 5.32 Å². The van der Waals surface area contributed by atoms with Crippen LogP contribution in [0.1, 0.15) is 56.8 Å². The molecule has 0 bridgehead atoms. The molecular formula is C32H30FN3O2. The highest BCUT2D eigenvalue weighted by Gasteiger charge is 2.21. The first kappa shape index (κ1) is 25.2. The molecule has 0 fully saturated rings. The lowest BCUT2D eigenvalue weighted by Crippen LogP contribution is -2.30. The zero-order valence-electron chi connectivity index (χ0n) is 21.3. The average molecular weight is 508 g/mol. The van der Waals surface area contributed by atoms with Gasteiger partial charge in [0.05, 0.1) is 6.04 Å². The lowest BCUT2D eigenvalue weighted by atomic mass is 9.96. The summed E-state index contributed by atoms with van der Waals surface area (Å²) in [6, 6.07) is 27.5. The largest absolute Gasteiger partial charge is 0.367 e. The number of hydrogen-bond donors (Lipinski definition) is 2. The number of rotatable bonds is 7. The van der Waals surface area contributed by atoms with Crippen molar-refractivity contribution in [2.75, 3.05) is 11.4 Å². The third kappa shape index (κ3) is 5.30. The maximum atomic E-state index is 14.9. The molecule has 4 aromatic carbocycles. The van der Waals surface area contributed by atoms with Crippen LogP contribution >= 0.6 is 0 Å². The van der Waals surface area contributed by atoms with Gasteiger partial charge in [-0.25, -0.2) is 4.39 Å². The highest BCUT2D eigenvalue weighted by Crippen LogP contribution is 2.32. The van der Waals surface area contributed by atoms with E-state index in [1.807, 2.05) is 67.6 Å². The Bertz CT molecular complexity index is 1490. The predicted molar refractivity (Wildman–Crippen MR) is 148 cm³/mol. The number of hydrogen-bond acceptors (Lipinski definition) is 3. The van der Waals surface area contributed by atoms with Crippen molar-refractivity contribution in [3.63, 3.8) is 0 Å². The summed E-state index contributed by atoms with van der Waals surface area (Å²) in [7, 11) is 0. The van der Waals surface area contributed by atoms with Gasteiger partial charge in [0.1, 0.15) is 5.82 Å². The molecule has 192 valence electrons. The predicted octanol–water partition coefficient (Wildman–Crippen LogP) is 6.04. The molecule has 38 heavy (non-hydrogen) atoms. The average Bonchev–Trinajstić information content (AvgIpc) is 2.94. The molecule has 0 saturated heterocycles. The molecule has 0 saturated carbocycles. The first-order chi connectivity index (χ1) is 18.4. The summed E-state index contributed by atoms with van der Waals surface area (Å²) >= 11 is 0. The fraction of sp³-hybridized carbons (Fsp3) is 0.188. The monoisotopic (exact) mass is 507 g/mol. The first-order valence-corrected chi connectivity index (χ1v) is 12.8. The third-order valence-corrected chi connectivity index (χ3v) is 7.11. The molecule has 0 aliphatic carbocycles. The standard InChI is InChI=1S/C32H30FN3O2/c1-21(22-8-3-2-4-9-22)35-32(38)25-14-16-30-24(19-25)10-7-17-36(30)20-26-18-23(13-15-29(26)33)27-11-5-6-12-28(27)31(34)37/h2-6,8-9,11-16,18-19,21H,7,10,17,20H2,1H3,(H2,34,37)(H,35,38). The van der Waals surface area contributed by atoms with Crippen LogP contribution < -0.4 is 16.0 Å². The lowest BCUT2D eigenvalue weighted by Gasteiger charge is -2.32. The van der Waals surface area contributed by atoms with E-state index in [2.05, 4.69) is 10.2 Å². The van der Waals surface area contributed by atoms with Crippen LogP contribution in [0.15, 0.2) is 91.0 Å². The van der Waals surface area contributed by atoms with Crippen molar-refractivity contribution >= 4 is 17.5 Å². The van der Waals surface area contributed by atoms with E-state index in [-0.39, 0.29) is 17.8 Å². The Morgan fingerprint density at radius 2 is 1.74 bits per heavy atom. The third-order valence-electron chi connectivity index (χ3n) is 7.11. The highest BCUT2D eigenvalue weighted by atomic mass is 19.1. The lowest BCUT2D eigenvalue weighted by molar-refractivity contribution is 0.0938. The van der Waals surface area contributed by atoms with Crippen LogP contribution in [0.4, 0.5) is 10.1 Å². The summed E-state index contributed by atoms with van der Waals surface area (Å²) in [6.07, 6.45) is 1.76. The van der Waals surface area contributed by atoms with Crippen molar-refractivity contribution in [3.8, 4) is 11.1 Å². The zero-order chi connectivity index (χ0) is 26.6. The zero-order valence-corrected chi connectivity index (χ0v) is 21.3. The van der Waals surface area contributed by atoms with E-state index in [1.165, 1.54) is 6.07 Å². The van der Waals surface area contributed by atoms with Crippen molar-refractivity contribution in [2.45, 2.75) is 32.4 Å². The second-order valence-electron chi connectivity index (χ2n) is 9.69. The molecule has 0 spiro atoms. The van der Waals surface area contributed by atoms with E-state index in [0.29, 0.717) is 28.8 Å². The quantitative estimate of drug-likeness (QED) is 0.320. The summed E-state index contributed by atoms with van der Waals surface area (Å²) in [5.41, 5.74) is 11.7. The van der Waals surface area contributed by atoms with Crippen molar-refractivity contribution < 1.29 is 14.0 Å². The highest BCUT2D eigenvalue weighted by molar-refractivity contribution is 5.99. The molecule has 2 amide bonds. The van der Waals surface area contributed by atoms with Crippen LogP contribution in [-0.4, -0.2) is 18.4 Å². The van der Waals surface area contributed by atoms with E-state index in [9.17, 15) is 14.0 Å². The summed E-state index contributed by atoms with van der Waals surface area (Å²) in [4.78, 5) is 27.0. The van der Waals surface area contributed by atoms with E-state index in [4.69, 9.17) is 5.73 Å².